The van der Waals surface area contributed by atoms with Crippen LogP contribution in [-0.2, 0) is 0 Å². The quantitative estimate of drug-likeness (QED) is 0.855. The Balaban J connectivity index is 2.23. The van der Waals surface area contributed by atoms with Gasteiger partial charge in [0.15, 0.2) is 0 Å². The smallest absolute Gasteiger partial charge is 0.247 e. The fourth-order valence-electron chi connectivity index (χ4n) is 2.21. The molecule has 2 heterocycles. The van der Waals surface area contributed by atoms with Crippen LogP contribution in [0.2, 0.25) is 0 Å². The maximum atomic E-state index is 5.08. The van der Waals surface area contributed by atoms with Crippen LogP contribution in [0.5, 0.6) is 5.88 Å². The Morgan fingerprint density at radius 1 is 1.56 bits per heavy atom. The molecule has 0 N–H and O–H groups in total. The van der Waals surface area contributed by atoms with Crippen molar-refractivity contribution in [2.75, 3.05) is 20.2 Å². The van der Waals surface area contributed by atoms with E-state index in [0.717, 1.165) is 23.3 Å². The number of rotatable bonds is 3. The Bertz CT molecular complexity index is 372. The molecule has 0 bridgehead atoms. The van der Waals surface area contributed by atoms with Crippen LogP contribution in [0.4, 0.5) is 0 Å². The minimum atomic E-state index is 0.416. The molecule has 16 heavy (non-hydrogen) atoms. The van der Waals surface area contributed by atoms with Crippen molar-refractivity contribution < 1.29 is 4.74 Å². The molecule has 2 rings (SSSR count). The molecule has 88 valence electrons. The Labute approximate surface area is 104 Å². The van der Waals surface area contributed by atoms with Gasteiger partial charge in [-0.15, -0.1) is 5.10 Å². The predicted octanol–water partition coefficient (Wildman–Crippen LogP) is 2.40. The van der Waals surface area contributed by atoms with Gasteiger partial charge in [-0.05, 0) is 47.9 Å². The second kappa shape index (κ2) is 5.10. The summed E-state index contributed by atoms with van der Waals surface area (Å²) in [6.45, 7) is 4.41. The average Bonchev–Trinajstić information content (AvgIpc) is 2.77. The highest BCUT2D eigenvalue weighted by Gasteiger charge is 2.26. The van der Waals surface area contributed by atoms with Gasteiger partial charge in [0.25, 0.3) is 0 Å². The van der Waals surface area contributed by atoms with Gasteiger partial charge in [-0.2, -0.15) is 5.10 Å². The number of likely N-dealkylation sites (tertiary alicyclic amines) is 1. The molecule has 1 saturated heterocycles. The molecule has 1 aliphatic rings. The first-order valence-electron chi connectivity index (χ1n) is 5.57. The van der Waals surface area contributed by atoms with E-state index in [-0.39, 0.29) is 0 Å². The SMILES string of the molecule is CCN1CCCC1c1cc(Br)c(OC)nn1. The van der Waals surface area contributed by atoms with Gasteiger partial charge in [-0.3, -0.25) is 4.90 Å². The van der Waals surface area contributed by atoms with Crippen LogP contribution >= 0.6 is 15.9 Å². The summed E-state index contributed by atoms with van der Waals surface area (Å²) in [5.74, 6) is 0.546. The zero-order valence-corrected chi connectivity index (χ0v) is 11.2. The van der Waals surface area contributed by atoms with Gasteiger partial charge < -0.3 is 4.74 Å². The Kier molecular flexibility index (Phi) is 3.76. The lowest BCUT2D eigenvalue weighted by atomic mass is 10.1. The first-order chi connectivity index (χ1) is 7.76. The molecule has 1 atom stereocenters. The molecule has 0 saturated carbocycles. The number of hydrogen-bond acceptors (Lipinski definition) is 4. The molecule has 5 heteroatoms. The van der Waals surface area contributed by atoms with Crippen LogP contribution in [0.3, 0.4) is 0 Å². The normalized spacial score (nSPS) is 21.3. The van der Waals surface area contributed by atoms with E-state index in [1.54, 1.807) is 7.11 Å². The minimum absolute atomic E-state index is 0.416. The summed E-state index contributed by atoms with van der Waals surface area (Å²) in [6, 6.07) is 2.43. The van der Waals surface area contributed by atoms with Gasteiger partial charge in [-0.25, -0.2) is 0 Å². The van der Waals surface area contributed by atoms with Gasteiger partial charge in [-0.1, -0.05) is 6.92 Å². The summed E-state index contributed by atoms with van der Waals surface area (Å²) in [7, 11) is 1.60. The lowest BCUT2D eigenvalue weighted by molar-refractivity contribution is 0.264. The van der Waals surface area contributed by atoms with Crippen LogP contribution in [0.25, 0.3) is 0 Å². The van der Waals surface area contributed by atoms with Crippen molar-refractivity contribution in [2.45, 2.75) is 25.8 Å². The summed E-state index contributed by atoms with van der Waals surface area (Å²) >= 11 is 3.45. The minimum Gasteiger partial charge on any atom is -0.479 e. The highest BCUT2D eigenvalue weighted by molar-refractivity contribution is 9.10. The molecule has 1 aromatic heterocycles. The van der Waals surface area contributed by atoms with Crippen LogP contribution in [0.1, 0.15) is 31.5 Å². The summed E-state index contributed by atoms with van der Waals surface area (Å²) in [5.41, 5.74) is 1.03. The number of methoxy groups -OCH3 is 1. The van der Waals surface area contributed by atoms with Crippen molar-refractivity contribution in [3.8, 4) is 5.88 Å². The van der Waals surface area contributed by atoms with Crippen molar-refractivity contribution in [3.05, 3.63) is 16.2 Å². The first-order valence-corrected chi connectivity index (χ1v) is 6.36. The van der Waals surface area contributed by atoms with E-state index in [1.807, 2.05) is 6.07 Å². The van der Waals surface area contributed by atoms with E-state index in [4.69, 9.17) is 4.74 Å². The van der Waals surface area contributed by atoms with E-state index < -0.39 is 0 Å². The van der Waals surface area contributed by atoms with Crippen LogP contribution in [0.15, 0.2) is 10.5 Å². The number of ether oxygens (including phenoxy) is 1. The second-order valence-corrected chi connectivity index (χ2v) is 4.77. The molecule has 1 aromatic rings. The monoisotopic (exact) mass is 285 g/mol. The van der Waals surface area contributed by atoms with E-state index in [2.05, 4.69) is 38.0 Å². The molecular formula is C11H16BrN3O. The van der Waals surface area contributed by atoms with Crippen molar-refractivity contribution in [3.63, 3.8) is 0 Å². The van der Waals surface area contributed by atoms with E-state index in [9.17, 15) is 0 Å². The number of aromatic nitrogens is 2. The molecule has 0 amide bonds. The Morgan fingerprint density at radius 3 is 3.00 bits per heavy atom. The summed E-state index contributed by atoms with van der Waals surface area (Å²) in [5, 5.41) is 8.31. The molecule has 0 aromatic carbocycles. The molecular weight excluding hydrogens is 270 g/mol. The molecule has 4 nitrogen and oxygen atoms in total. The third-order valence-electron chi connectivity index (χ3n) is 3.04. The largest absolute Gasteiger partial charge is 0.479 e. The maximum Gasteiger partial charge on any atom is 0.247 e. The molecule has 0 aliphatic carbocycles. The first kappa shape index (κ1) is 11.8. The van der Waals surface area contributed by atoms with E-state index in [0.29, 0.717) is 11.9 Å². The molecule has 0 spiro atoms. The van der Waals surface area contributed by atoms with Crippen LogP contribution in [-0.4, -0.2) is 35.3 Å². The topological polar surface area (TPSA) is 38.2 Å². The molecule has 1 aliphatic heterocycles. The molecule has 1 unspecified atom stereocenters. The summed E-state index contributed by atoms with van der Waals surface area (Å²) in [6.07, 6.45) is 2.41. The van der Waals surface area contributed by atoms with Gasteiger partial charge in [0, 0.05) is 0 Å². The van der Waals surface area contributed by atoms with Gasteiger partial charge >= 0.3 is 0 Å². The molecule has 1 fully saturated rings. The third kappa shape index (κ3) is 2.20. The van der Waals surface area contributed by atoms with E-state index in [1.165, 1.54) is 12.8 Å². The van der Waals surface area contributed by atoms with Crippen LogP contribution in [0, 0.1) is 0 Å². The number of halogens is 1. The zero-order valence-electron chi connectivity index (χ0n) is 9.61. The van der Waals surface area contributed by atoms with Gasteiger partial charge in [0.2, 0.25) is 5.88 Å². The van der Waals surface area contributed by atoms with Gasteiger partial charge in [0.1, 0.15) is 0 Å². The van der Waals surface area contributed by atoms with Crippen molar-refractivity contribution in [2.24, 2.45) is 0 Å². The third-order valence-corrected chi connectivity index (χ3v) is 3.61. The Hall–Kier alpha value is -0.680. The fraction of sp³-hybridized carbons (Fsp3) is 0.636. The highest BCUT2D eigenvalue weighted by atomic mass is 79.9. The summed E-state index contributed by atoms with van der Waals surface area (Å²) < 4.78 is 5.96. The van der Waals surface area contributed by atoms with Crippen LogP contribution < -0.4 is 4.74 Å². The highest BCUT2D eigenvalue weighted by Crippen LogP contribution is 2.32. The zero-order chi connectivity index (χ0) is 11.5. The number of nitrogens with zero attached hydrogens (tertiary/aromatic N) is 3. The van der Waals surface area contributed by atoms with Crippen molar-refractivity contribution >= 4 is 15.9 Å². The van der Waals surface area contributed by atoms with Gasteiger partial charge in [0.05, 0.1) is 23.3 Å². The summed E-state index contributed by atoms with van der Waals surface area (Å²) in [4.78, 5) is 2.43. The lowest BCUT2D eigenvalue weighted by Crippen LogP contribution is -2.23. The number of hydrogen-bond donors (Lipinski definition) is 0. The standard InChI is InChI=1S/C11H16BrN3O/c1-3-15-6-4-5-10(15)9-7-8(12)11(16-2)14-13-9/h7,10H,3-6H2,1-2H3. The van der Waals surface area contributed by atoms with E-state index >= 15 is 0 Å². The van der Waals surface area contributed by atoms with Crippen molar-refractivity contribution in [1.29, 1.82) is 0 Å². The fourth-order valence-corrected chi connectivity index (χ4v) is 2.69. The Morgan fingerprint density at radius 2 is 2.38 bits per heavy atom. The second-order valence-electron chi connectivity index (χ2n) is 3.91. The molecule has 0 radical (unpaired) electrons. The lowest BCUT2D eigenvalue weighted by Gasteiger charge is -2.21. The maximum absolute atomic E-state index is 5.08. The predicted molar refractivity (Wildman–Crippen MR) is 65.5 cm³/mol. The van der Waals surface area contributed by atoms with Crippen molar-refractivity contribution in [1.82, 2.24) is 15.1 Å². The average molecular weight is 286 g/mol.